The first-order valence-corrected chi connectivity index (χ1v) is 7.85. The Hall–Kier alpha value is -1.43. The summed E-state index contributed by atoms with van der Waals surface area (Å²) in [4.78, 5) is 27.7. The molecule has 0 saturated heterocycles. The van der Waals surface area contributed by atoms with Gasteiger partial charge < -0.3 is 10.4 Å². The molecule has 1 aromatic heterocycles. The van der Waals surface area contributed by atoms with Gasteiger partial charge in [-0.1, -0.05) is 6.92 Å². The number of nitrogens with one attached hydrogen (secondary N) is 1. The second-order valence-corrected chi connectivity index (χ2v) is 6.63. The van der Waals surface area contributed by atoms with Crippen molar-refractivity contribution < 1.29 is 14.7 Å². The molecule has 2 N–H and O–H groups in total. The molecule has 0 bridgehead atoms. The molecule has 1 amide bonds. The van der Waals surface area contributed by atoms with Crippen LogP contribution in [0.25, 0.3) is 0 Å². The van der Waals surface area contributed by atoms with Crippen LogP contribution in [0.5, 0.6) is 0 Å². The van der Waals surface area contributed by atoms with Crippen molar-refractivity contribution >= 4 is 27.8 Å². The van der Waals surface area contributed by atoms with Crippen molar-refractivity contribution in [2.24, 2.45) is 11.3 Å². The van der Waals surface area contributed by atoms with Crippen LogP contribution in [-0.4, -0.2) is 28.5 Å². The number of nitrogens with zero attached hydrogens (tertiary/aromatic N) is 1. The molecule has 6 heteroatoms. The van der Waals surface area contributed by atoms with Crippen molar-refractivity contribution in [1.29, 1.82) is 0 Å². The summed E-state index contributed by atoms with van der Waals surface area (Å²) in [6.07, 6.45) is 4.48. The highest BCUT2D eigenvalue weighted by Crippen LogP contribution is 2.38. The Morgan fingerprint density at radius 1 is 1.43 bits per heavy atom. The van der Waals surface area contributed by atoms with Gasteiger partial charge >= 0.3 is 5.97 Å². The predicted molar refractivity (Wildman–Crippen MR) is 82.0 cm³/mol. The summed E-state index contributed by atoms with van der Waals surface area (Å²) in [5.74, 6) is -0.540. The third-order valence-corrected chi connectivity index (χ3v) is 4.73. The Kier molecular flexibility index (Phi) is 4.98. The van der Waals surface area contributed by atoms with Gasteiger partial charge in [-0.15, -0.1) is 0 Å². The number of carbonyl (C=O) groups is 2. The Bertz CT molecular complexity index is 522. The lowest BCUT2D eigenvalue weighted by atomic mass is 9.71. The van der Waals surface area contributed by atoms with Gasteiger partial charge in [-0.05, 0) is 59.7 Å². The summed E-state index contributed by atoms with van der Waals surface area (Å²) in [5.41, 5.74) is -0.395. The number of aromatic nitrogens is 1. The van der Waals surface area contributed by atoms with Gasteiger partial charge in [0.1, 0.15) is 4.60 Å². The summed E-state index contributed by atoms with van der Waals surface area (Å²) in [7, 11) is 0. The van der Waals surface area contributed by atoms with Gasteiger partial charge in [0.05, 0.1) is 11.0 Å². The zero-order valence-electron chi connectivity index (χ0n) is 11.9. The number of pyridine rings is 1. The van der Waals surface area contributed by atoms with Crippen LogP contribution in [0.1, 0.15) is 43.0 Å². The summed E-state index contributed by atoms with van der Waals surface area (Å²) in [5, 5.41) is 12.3. The number of amides is 1. The van der Waals surface area contributed by atoms with Crippen LogP contribution < -0.4 is 5.32 Å². The van der Waals surface area contributed by atoms with Crippen LogP contribution in [0.2, 0.25) is 0 Å². The van der Waals surface area contributed by atoms with E-state index < -0.39 is 11.4 Å². The van der Waals surface area contributed by atoms with Gasteiger partial charge in [-0.25, -0.2) is 4.98 Å². The topological polar surface area (TPSA) is 79.3 Å². The smallest absolute Gasteiger partial charge is 0.311 e. The van der Waals surface area contributed by atoms with E-state index in [-0.39, 0.29) is 12.5 Å². The average molecular weight is 355 g/mol. The third kappa shape index (κ3) is 3.81. The maximum atomic E-state index is 12.1. The van der Waals surface area contributed by atoms with E-state index in [1.807, 2.05) is 0 Å². The fraction of sp³-hybridized carbons (Fsp3) is 0.533. The van der Waals surface area contributed by atoms with E-state index in [0.29, 0.717) is 28.9 Å². The van der Waals surface area contributed by atoms with E-state index in [2.05, 4.69) is 33.2 Å². The lowest BCUT2D eigenvalue weighted by Crippen LogP contribution is -2.45. The first-order valence-electron chi connectivity index (χ1n) is 7.06. The van der Waals surface area contributed by atoms with E-state index >= 15 is 0 Å². The van der Waals surface area contributed by atoms with E-state index in [9.17, 15) is 14.7 Å². The standard InChI is InChI=1S/C15H19BrN2O3/c1-10-4-6-15(7-5-10,14(20)21)9-18-13(19)11-2-3-12(16)17-8-11/h2-3,8,10H,4-7,9H2,1H3,(H,18,19)(H,20,21). The number of rotatable bonds is 4. The average Bonchev–Trinajstić information content (AvgIpc) is 2.47. The van der Waals surface area contributed by atoms with Gasteiger partial charge in [0.25, 0.3) is 5.91 Å². The van der Waals surface area contributed by atoms with Crippen molar-refractivity contribution in [3.63, 3.8) is 0 Å². The minimum absolute atomic E-state index is 0.171. The van der Waals surface area contributed by atoms with E-state index in [0.717, 1.165) is 12.8 Å². The van der Waals surface area contributed by atoms with Gasteiger partial charge in [0, 0.05) is 12.7 Å². The highest BCUT2D eigenvalue weighted by atomic mass is 79.9. The molecule has 0 atom stereocenters. The van der Waals surface area contributed by atoms with Crippen LogP contribution in [0.15, 0.2) is 22.9 Å². The van der Waals surface area contributed by atoms with Crippen molar-refractivity contribution in [2.75, 3.05) is 6.54 Å². The number of aliphatic carboxylic acids is 1. The zero-order chi connectivity index (χ0) is 15.5. The van der Waals surface area contributed by atoms with Crippen LogP contribution in [0, 0.1) is 11.3 Å². The monoisotopic (exact) mass is 354 g/mol. The number of carboxylic acids is 1. The van der Waals surface area contributed by atoms with Gasteiger partial charge in [0.15, 0.2) is 0 Å². The van der Waals surface area contributed by atoms with Gasteiger partial charge in [-0.3, -0.25) is 9.59 Å². The first kappa shape index (κ1) is 15.9. The molecule has 1 aromatic rings. The van der Waals surface area contributed by atoms with Crippen molar-refractivity contribution in [3.05, 3.63) is 28.5 Å². The molecule has 1 aliphatic carbocycles. The summed E-state index contributed by atoms with van der Waals surface area (Å²) in [6, 6.07) is 3.34. The number of hydrogen-bond acceptors (Lipinski definition) is 3. The highest BCUT2D eigenvalue weighted by molar-refractivity contribution is 9.10. The molecule has 0 aromatic carbocycles. The molecule has 1 aliphatic rings. The predicted octanol–water partition coefficient (Wildman–Crippen LogP) is 2.86. The molecule has 0 radical (unpaired) electrons. The molecule has 1 saturated carbocycles. The lowest BCUT2D eigenvalue weighted by molar-refractivity contribution is -0.151. The van der Waals surface area contributed by atoms with Crippen LogP contribution >= 0.6 is 15.9 Å². The Morgan fingerprint density at radius 3 is 2.62 bits per heavy atom. The molecule has 5 nitrogen and oxygen atoms in total. The fourth-order valence-electron chi connectivity index (χ4n) is 2.64. The number of carbonyl (C=O) groups excluding carboxylic acids is 1. The molecular weight excluding hydrogens is 336 g/mol. The second-order valence-electron chi connectivity index (χ2n) is 5.82. The van der Waals surface area contributed by atoms with Crippen LogP contribution in [0.3, 0.4) is 0 Å². The molecule has 1 fully saturated rings. The largest absolute Gasteiger partial charge is 0.481 e. The maximum absolute atomic E-state index is 12.1. The van der Waals surface area contributed by atoms with E-state index in [1.165, 1.54) is 6.20 Å². The summed E-state index contributed by atoms with van der Waals surface area (Å²) in [6.45, 7) is 2.31. The first-order chi connectivity index (χ1) is 9.93. The van der Waals surface area contributed by atoms with Crippen molar-refractivity contribution in [1.82, 2.24) is 10.3 Å². The van der Waals surface area contributed by atoms with Crippen molar-refractivity contribution in [3.8, 4) is 0 Å². The fourth-order valence-corrected chi connectivity index (χ4v) is 2.88. The molecule has 114 valence electrons. The van der Waals surface area contributed by atoms with Crippen LogP contribution in [0.4, 0.5) is 0 Å². The van der Waals surface area contributed by atoms with Gasteiger partial charge in [-0.2, -0.15) is 0 Å². The minimum Gasteiger partial charge on any atom is -0.481 e. The molecule has 0 aliphatic heterocycles. The normalized spacial score (nSPS) is 25.3. The molecule has 1 heterocycles. The lowest BCUT2D eigenvalue weighted by Gasteiger charge is -2.35. The Balaban J connectivity index is 2.00. The Labute approximate surface area is 132 Å². The quantitative estimate of drug-likeness (QED) is 0.814. The highest BCUT2D eigenvalue weighted by Gasteiger charge is 2.41. The Morgan fingerprint density at radius 2 is 2.10 bits per heavy atom. The number of hydrogen-bond donors (Lipinski definition) is 2. The second kappa shape index (κ2) is 6.56. The SMILES string of the molecule is CC1CCC(CNC(=O)c2ccc(Br)nc2)(C(=O)O)CC1. The number of carboxylic acid groups (broad SMARTS) is 1. The summed E-state index contributed by atoms with van der Waals surface area (Å²) >= 11 is 3.21. The van der Waals surface area contributed by atoms with E-state index in [4.69, 9.17) is 0 Å². The molecule has 0 spiro atoms. The summed E-state index contributed by atoms with van der Waals surface area (Å²) < 4.78 is 0.655. The van der Waals surface area contributed by atoms with E-state index in [1.54, 1.807) is 12.1 Å². The minimum atomic E-state index is -0.828. The molecule has 2 rings (SSSR count). The zero-order valence-corrected chi connectivity index (χ0v) is 13.5. The molecule has 0 unspecified atom stereocenters. The molecule has 21 heavy (non-hydrogen) atoms. The maximum Gasteiger partial charge on any atom is 0.311 e. The third-order valence-electron chi connectivity index (χ3n) is 4.26. The van der Waals surface area contributed by atoms with Crippen molar-refractivity contribution in [2.45, 2.75) is 32.6 Å². The van der Waals surface area contributed by atoms with Gasteiger partial charge in [0.2, 0.25) is 0 Å². The van der Waals surface area contributed by atoms with Crippen LogP contribution in [-0.2, 0) is 4.79 Å². The molecular formula is C15H19BrN2O3. The number of halogens is 1.